The highest BCUT2D eigenvalue weighted by Gasteiger charge is 2.04. The number of aromatic nitrogens is 2. The lowest BCUT2D eigenvalue weighted by atomic mass is 10.2. The molecule has 1 aromatic carbocycles. The van der Waals surface area contributed by atoms with Crippen LogP contribution in [0.3, 0.4) is 0 Å². The van der Waals surface area contributed by atoms with E-state index in [-0.39, 0.29) is 0 Å². The summed E-state index contributed by atoms with van der Waals surface area (Å²) in [6.45, 7) is 1.91. The van der Waals surface area contributed by atoms with Gasteiger partial charge >= 0.3 is 0 Å². The van der Waals surface area contributed by atoms with Gasteiger partial charge in [0.1, 0.15) is 12.9 Å². The maximum atomic E-state index is 5.10. The summed E-state index contributed by atoms with van der Waals surface area (Å²) in [4.78, 5) is 9.49. The molecule has 0 radical (unpaired) electrons. The molecule has 3 heteroatoms. The van der Waals surface area contributed by atoms with Crippen LogP contribution in [-0.2, 0) is 0 Å². The average Bonchev–Trinajstić information content (AvgIpc) is 2.61. The van der Waals surface area contributed by atoms with E-state index in [0.29, 0.717) is 0 Å². The summed E-state index contributed by atoms with van der Waals surface area (Å²) < 4.78 is 1.66. The van der Waals surface area contributed by atoms with Crippen molar-refractivity contribution in [3.8, 4) is 11.3 Å². The lowest BCUT2D eigenvalue weighted by molar-refractivity contribution is 0.161. The summed E-state index contributed by atoms with van der Waals surface area (Å²) in [5.74, 6) is 0.853. The van der Waals surface area contributed by atoms with Crippen LogP contribution in [-0.4, -0.2) is 16.8 Å². The molecule has 0 saturated heterocycles. The van der Waals surface area contributed by atoms with Crippen molar-refractivity contribution in [2.75, 3.05) is 7.11 Å². The van der Waals surface area contributed by atoms with Gasteiger partial charge in [0.05, 0.1) is 11.9 Å². The molecule has 1 heterocycles. The highest BCUT2D eigenvalue weighted by Crippen LogP contribution is 2.16. The highest BCUT2D eigenvalue weighted by molar-refractivity contribution is 5.58. The Hall–Kier alpha value is -1.77. The fourth-order valence-electron chi connectivity index (χ4n) is 1.39. The lowest BCUT2D eigenvalue weighted by Crippen LogP contribution is -2.05. The van der Waals surface area contributed by atoms with Gasteiger partial charge in [-0.1, -0.05) is 30.3 Å². The Kier molecular flexibility index (Phi) is 2.23. The molecule has 72 valence electrons. The molecule has 3 nitrogen and oxygen atoms in total. The first kappa shape index (κ1) is 8.81. The van der Waals surface area contributed by atoms with Crippen LogP contribution in [0.15, 0.2) is 36.5 Å². The van der Waals surface area contributed by atoms with Gasteiger partial charge in [-0.25, -0.2) is 4.98 Å². The third-order valence-electron chi connectivity index (χ3n) is 2.11. The van der Waals surface area contributed by atoms with Crippen LogP contribution in [0.2, 0.25) is 0 Å². The van der Waals surface area contributed by atoms with E-state index >= 15 is 0 Å². The van der Waals surface area contributed by atoms with Crippen LogP contribution in [0.1, 0.15) is 5.82 Å². The molecular formula is C11H12N2O. The minimum absolute atomic E-state index is 0.853. The first-order valence-electron chi connectivity index (χ1n) is 4.47. The third-order valence-corrected chi connectivity index (χ3v) is 2.11. The Labute approximate surface area is 82.9 Å². The Morgan fingerprint density at radius 1 is 1.21 bits per heavy atom. The fraction of sp³-hybridized carbons (Fsp3) is 0.182. The van der Waals surface area contributed by atoms with Crippen molar-refractivity contribution in [3.05, 3.63) is 42.4 Å². The van der Waals surface area contributed by atoms with E-state index in [4.69, 9.17) is 4.84 Å². The number of imidazole rings is 1. The minimum atomic E-state index is 0.853. The van der Waals surface area contributed by atoms with E-state index in [1.165, 1.54) is 0 Å². The summed E-state index contributed by atoms with van der Waals surface area (Å²) in [7, 11) is 1.63. The summed E-state index contributed by atoms with van der Waals surface area (Å²) in [5.41, 5.74) is 2.04. The number of nitrogens with zero attached hydrogens (tertiary/aromatic N) is 2. The van der Waals surface area contributed by atoms with E-state index in [0.717, 1.165) is 17.1 Å². The van der Waals surface area contributed by atoms with Gasteiger partial charge in [0, 0.05) is 5.56 Å². The highest BCUT2D eigenvalue weighted by atomic mass is 16.6. The molecule has 0 aliphatic carbocycles. The van der Waals surface area contributed by atoms with E-state index in [1.807, 2.05) is 43.5 Å². The Morgan fingerprint density at radius 3 is 2.50 bits per heavy atom. The second-order valence-electron chi connectivity index (χ2n) is 3.05. The van der Waals surface area contributed by atoms with Gasteiger partial charge in [0.25, 0.3) is 0 Å². The molecular weight excluding hydrogens is 176 g/mol. The molecule has 0 atom stereocenters. The molecule has 0 aliphatic rings. The average molecular weight is 188 g/mol. The normalized spacial score (nSPS) is 10.1. The zero-order chi connectivity index (χ0) is 9.97. The van der Waals surface area contributed by atoms with Crippen LogP contribution < -0.4 is 4.84 Å². The number of rotatable bonds is 2. The predicted molar refractivity (Wildman–Crippen MR) is 54.9 cm³/mol. The van der Waals surface area contributed by atoms with Crippen LogP contribution >= 0.6 is 0 Å². The van der Waals surface area contributed by atoms with Gasteiger partial charge in [-0.15, -0.1) is 0 Å². The van der Waals surface area contributed by atoms with Crippen LogP contribution in [0.4, 0.5) is 0 Å². The third kappa shape index (κ3) is 1.48. The van der Waals surface area contributed by atoms with Gasteiger partial charge in [0.2, 0.25) is 0 Å². The van der Waals surface area contributed by atoms with Crippen molar-refractivity contribution in [3.63, 3.8) is 0 Å². The van der Waals surface area contributed by atoms with E-state index < -0.39 is 0 Å². The van der Waals surface area contributed by atoms with Gasteiger partial charge in [-0.2, -0.15) is 4.73 Å². The molecule has 0 saturated carbocycles. The second-order valence-corrected chi connectivity index (χ2v) is 3.05. The molecule has 0 aliphatic heterocycles. The topological polar surface area (TPSA) is 27.1 Å². The summed E-state index contributed by atoms with van der Waals surface area (Å²) in [5, 5.41) is 0. The molecule has 0 N–H and O–H groups in total. The van der Waals surface area contributed by atoms with E-state index in [9.17, 15) is 0 Å². The van der Waals surface area contributed by atoms with Crippen molar-refractivity contribution >= 4 is 0 Å². The summed E-state index contributed by atoms with van der Waals surface area (Å²) in [6.07, 6.45) is 1.88. The van der Waals surface area contributed by atoms with Crippen molar-refractivity contribution < 1.29 is 4.84 Å². The molecule has 0 unspecified atom stereocenters. The number of hydrogen-bond donors (Lipinski definition) is 0. The van der Waals surface area contributed by atoms with Gasteiger partial charge in [0.15, 0.2) is 0 Å². The summed E-state index contributed by atoms with van der Waals surface area (Å²) >= 11 is 0. The molecule has 2 rings (SSSR count). The molecule has 1 aromatic heterocycles. The molecule has 2 aromatic rings. The second kappa shape index (κ2) is 3.54. The standard InChI is InChI=1S/C11H12N2O/c1-9-12-11(8-13(9)14-2)10-6-4-3-5-7-10/h3-8H,1-2H3. The van der Waals surface area contributed by atoms with E-state index in [2.05, 4.69) is 4.98 Å². The molecule has 0 fully saturated rings. The Balaban J connectivity index is 2.43. The molecule has 0 spiro atoms. The maximum Gasteiger partial charge on any atom is 0.142 e. The molecule has 14 heavy (non-hydrogen) atoms. The first-order valence-corrected chi connectivity index (χ1v) is 4.47. The SMILES string of the molecule is COn1cc(-c2ccccc2)nc1C. The van der Waals surface area contributed by atoms with Crippen LogP contribution in [0.5, 0.6) is 0 Å². The minimum Gasteiger partial charge on any atom is -0.416 e. The quantitative estimate of drug-likeness (QED) is 0.720. The Bertz CT molecular complexity index is 420. The fourth-order valence-corrected chi connectivity index (χ4v) is 1.39. The van der Waals surface area contributed by atoms with Gasteiger partial charge in [-0.3, -0.25) is 0 Å². The number of hydrogen-bond acceptors (Lipinski definition) is 2. The first-order chi connectivity index (χ1) is 6.81. The monoisotopic (exact) mass is 188 g/mol. The van der Waals surface area contributed by atoms with Crippen molar-refractivity contribution in [1.29, 1.82) is 0 Å². The number of benzene rings is 1. The Morgan fingerprint density at radius 2 is 1.93 bits per heavy atom. The van der Waals surface area contributed by atoms with Crippen molar-refractivity contribution in [1.82, 2.24) is 9.71 Å². The molecule has 0 amide bonds. The van der Waals surface area contributed by atoms with Crippen molar-refractivity contribution in [2.24, 2.45) is 0 Å². The van der Waals surface area contributed by atoms with E-state index in [1.54, 1.807) is 11.8 Å². The zero-order valence-corrected chi connectivity index (χ0v) is 8.27. The largest absolute Gasteiger partial charge is 0.416 e. The zero-order valence-electron chi connectivity index (χ0n) is 8.27. The van der Waals surface area contributed by atoms with Crippen LogP contribution in [0.25, 0.3) is 11.3 Å². The predicted octanol–water partition coefficient (Wildman–Crippen LogP) is 1.92. The lowest BCUT2D eigenvalue weighted by Gasteiger charge is -1.98. The molecule has 0 bridgehead atoms. The smallest absolute Gasteiger partial charge is 0.142 e. The van der Waals surface area contributed by atoms with Gasteiger partial charge < -0.3 is 4.84 Å². The van der Waals surface area contributed by atoms with Crippen LogP contribution in [0, 0.1) is 6.92 Å². The maximum absolute atomic E-state index is 5.10. The summed E-state index contributed by atoms with van der Waals surface area (Å²) in [6, 6.07) is 10.0. The number of aryl methyl sites for hydroxylation is 1. The van der Waals surface area contributed by atoms with Gasteiger partial charge in [-0.05, 0) is 6.92 Å². The van der Waals surface area contributed by atoms with Crippen molar-refractivity contribution in [2.45, 2.75) is 6.92 Å².